The summed E-state index contributed by atoms with van der Waals surface area (Å²) in [5, 5.41) is 4.01. The SMILES string of the molecule is O=C(NCC1CCCCC1)C1CCN(Cc2ccc(Cl)cc2)CC1. The van der Waals surface area contributed by atoms with Crippen LogP contribution in [-0.4, -0.2) is 30.4 Å². The molecule has 1 saturated heterocycles. The van der Waals surface area contributed by atoms with E-state index in [4.69, 9.17) is 11.6 Å². The summed E-state index contributed by atoms with van der Waals surface area (Å²) in [6.07, 6.45) is 8.58. The fraction of sp³-hybridized carbons (Fsp3) is 0.650. The Balaban J connectivity index is 1.37. The van der Waals surface area contributed by atoms with Gasteiger partial charge >= 0.3 is 0 Å². The second-order valence-corrected chi connectivity index (χ2v) is 7.86. The molecule has 24 heavy (non-hydrogen) atoms. The minimum atomic E-state index is 0.204. The van der Waals surface area contributed by atoms with E-state index in [9.17, 15) is 4.79 Å². The van der Waals surface area contributed by atoms with Crippen molar-refractivity contribution < 1.29 is 4.79 Å². The van der Waals surface area contributed by atoms with E-state index in [2.05, 4.69) is 22.3 Å². The molecule has 132 valence electrons. The highest BCUT2D eigenvalue weighted by molar-refractivity contribution is 6.30. The molecule has 3 nitrogen and oxygen atoms in total. The molecule has 0 radical (unpaired) electrons. The number of carbonyl (C=O) groups is 1. The van der Waals surface area contributed by atoms with Crippen molar-refractivity contribution in [1.82, 2.24) is 10.2 Å². The number of nitrogens with one attached hydrogen (secondary N) is 1. The first kappa shape index (κ1) is 17.8. The molecule has 1 aliphatic heterocycles. The van der Waals surface area contributed by atoms with Gasteiger partial charge in [-0.1, -0.05) is 43.0 Å². The highest BCUT2D eigenvalue weighted by atomic mass is 35.5. The van der Waals surface area contributed by atoms with Gasteiger partial charge < -0.3 is 5.32 Å². The molecule has 0 atom stereocenters. The fourth-order valence-corrected chi connectivity index (χ4v) is 4.11. The van der Waals surface area contributed by atoms with E-state index in [0.29, 0.717) is 5.92 Å². The van der Waals surface area contributed by atoms with Crippen LogP contribution in [0.2, 0.25) is 5.02 Å². The van der Waals surface area contributed by atoms with Crippen molar-refractivity contribution in [2.24, 2.45) is 11.8 Å². The van der Waals surface area contributed by atoms with Crippen molar-refractivity contribution in [3.8, 4) is 0 Å². The lowest BCUT2D eigenvalue weighted by atomic mass is 9.89. The average molecular weight is 349 g/mol. The molecule has 4 heteroatoms. The molecule has 2 aliphatic rings. The first-order valence-electron chi connectivity index (χ1n) is 9.45. The van der Waals surface area contributed by atoms with Crippen LogP contribution in [0.15, 0.2) is 24.3 Å². The molecule has 2 fully saturated rings. The van der Waals surface area contributed by atoms with Gasteiger partial charge in [0.1, 0.15) is 0 Å². The Bertz CT molecular complexity index is 517. The molecule has 0 unspecified atom stereocenters. The number of amides is 1. The molecule has 1 aromatic rings. The van der Waals surface area contributed by atoms with Gasteiger partial charge in [0, 0.05) is 24.0 Å². The zero-order valence-corrected chi connectivity index (χ0v) is 15.2. The van der Waals surface area contributed by atoms with Crippen LogP contribution in [0, 0.1) is 11.8 Å². The maximum Gasteiger partial charge on any atom is 0.223 e. The minimum Gasteiger partial charge on any atom is -0.356 e. The van der Waals surface area contributed by atoms with E-state index in [0.717, 1.165) is 44.0 Å². The van der Waals surface area contributed by atoms with Crippen LogP contribution < -0.4 is 5.32 Å². The van der Waals surface area contributed by atoms with Gasteiger partial charge in [0.25, 0.3) is 0 Å². The summed E-state index contributed by atoms with van der Waals surface area (Å²) < 4.78 is 0. The second-order valence-electron chi connectivity index (χ2n) is 7.43. The molecule has 1 aromatic carbocycles. The van der Waals surface area contributed by atoms with E-state index in [1.54, 1.807) is 0 Å². The summed E-state index contributed by atoms with van der Waals surface area (Å²) >= 11 is 5.94. The van der Waals surface area contributed by atoms with Crippen LogP contribution in [0.5, 0.6) is 0 Å². The number of benzene rings is 1. The van der Waals surface area contributed by atoms with Gasteiger partial charge in [-0.3, -0.25) is 9.69 Å². The lowest BCUT2D eigenvalue weighted by Gasteiger charge is -2.31. The zero-order valence-electron chi connectivity index (χ0n) is 14.5. The van der Waals surface area contributed by atoms with Crippen molar-refractivity contribution >= 4 is 17.5 Å². The number of piperidine rings is 1. The van der Waals surface area contributed by atoms with Gasteiger partial charge in [-0.2, -0.15) is 0 Å². The highest BCUT2D eigenvalue weighted by Gasteiger charge is 2.25. The van der Waals surface area contributed by atoms with Crippen LogP contribution >= 0.6 is 11.6 Å². The molecule has 1 heterocycles. The maximum atomic E-state index is 12.4. The molecule has 1 saturated carbocycles. The van der Waals surface area contributed by atoms with Crippen molar-refractivity contribution in [2.45, 2.75) is 51.5 Å². The van der Waals surface area contributed by atoms with Crippen molar-refractivity contribution in [3.05, 3.63) is 34.9 Å². The summed E-state index contributed by atoms with van der Waals surface area (Å²) in [6.45, 7) is 3.85. The lowest BCUT2D eigenvalue weighted by molar-refractivity contribution is -0.126. The number of likely N-dealkylation sites (tertiary alicyclic amines) is 1. The van der Waals surface area contributed by atoms with Crippen LogP contribution in [0.1, 0.15) is 50.5 Å². The lowest BCUT2D eigenvalue weighted by Crippen LogP contribution is -2.41. The Hall–Kier alpha value is -1.06. The minimum absolute atomic E-state index is 0.204. The first-order chi connectivity index (χ1) is 11.7. The third-order valence-corrected chi connectivity index (χ3v) is 5.82. The fourth-order valence-electron chi connectivity index (χ4n) is 3.98. The summed E-state index contributed by atoms with van der Waals surface area (Å²) in [5.41, 5.74) is 1.29. The van der Waals surface area contributed by atoms with E-state index in [1.807, 2.05) is 12.1 Å². The van der Waals surface area contributed by atoms with E-state index >= 15 is 0 Å². The predicted molar refractivity (Wildman–Crippen MR) is 99.0 cm³/mol. The summed E-state index contributed by atoms with van der Waals surface area (Å²) in [7, 11) is 0. The Kier molecular flexibility index (Phi) is 6.56. The monoisotopic (exact) mass is 348 g/mol. The van der Waals surface area contributed by atoms with Crippen molar-refractivity contribution in [2.75, 3.05) is 19.6 Å². The van der Waals surface area contributed by atoms with Gasteiger partial charge in [0.2, 0.25) is 5.91 Å². The number of carbonyl (C=O) groups excluding carboxylic acids is 1. The number of hydrogen-bond acceptors (Lipinski definition) is 2. The summed E-state index contributed by atoms with van der Waals surface area (Å²) in [4.78, 5) is 14.8. The highest BCUT2D eigenvalue weighted by Crippen LogP contribution is 2.24. The summed E-state index contributed by atoms with van der Waals surface area (Å²) in [6, 6.07) is 8.07. The molecular formula is C20H29ClN2O. The molecule has 1 N–H and O–H groups in total. The molecule has 0 bridgehead atoms. The predicted octanol–water partition coefficient (Wildman–Crippen LogP) is 4.25. The molecule has 1 amide bonds. The molecule has 3 rings (SSSR count). The Morgan fingerprint density at radius 2 is 1.71 bits per heavy atom. The van der Waals surface area contributed by atoms with Crippen LogP contribution in [-0.2, 0) is 11.3 Å². The van der Waals surface area contributed by atoms with Crippen LogP contribution in [0.4, 0.5) is 0 Å². The van der Waals surface area contributed by atoms with Gasteiger partial charge in [0.05, 0.1) is 0 Å². The Morgan fingerprint density at radius 3 is 2.38 bits per heavy atom. The molecular weight excluding hydrogens is 320 g/mol. The number of rotatable bonds is 5. The van der Waals surface area contributed by atoms with Gasteiger partial charge in [-0.15, -0.1) is 0 Å². The standard InChI is InChI=1S/C20H29ClN2O/c21-19-8-6-17(7-9-19)15-23-12-10-18(11-13-23)20(24)22-14-16-4-2-1-3-5-16/h6-9,16,18H,1-5,10-15H2,(H,22,24). The zero-order chi connectivity index (χ0) is 16.8. The normalized spacial score (nSPS) is 20.9. The Morgan fingerprint density at radius 1 is 1.04 bits per heavy atom. The van der Waals surface area contributed by atoms with Gasteiger partial charge in [0.15, 0.2) is 0 Å². The van der Waals surface area contributed by atoms with E-state index in [-0.39, 0.29) is 11.8 Å². The van der Waals surface area contributed by atoms with Crippen molar-refractivity contribution in [1.29, 1.82) is 0 Å². The van der Waals surface area contributed by atoms with Crippen LogP contribution in [0.3, 0.4) is 0 Å². The number of nitrogens with zero attached hydrogens (tertiary/aromatic N) is 1. The largest absolute Gasteiger partial charge is 0.356 e. The van der Waals surface area contributed by atoms with Crippen LogP contribution in [0.25, 0.3) is 0 Å². The number of hydrogen-bond donors (Lipinski definition) is 1. The third-order valence-electron chi connectivity index (χ3n) is 5.57. The molecule has 0 aromatic heterocycles. The topological polar surface area (TPSA) is 32.3 Å². The van der Waals surface area contributed by atoms with Gasteiger partial charge in [-0.25, -0.2) is 0 Å². The maximum absolute atomic E-state index is 12.4. The average Bonchev–Trinajstić information content (AvgIpc) is 2.63. The van der Waals surface area contributed by atoms with E-state index in [1.165, 1.54) is 37.7 Å². The third kappa shape index (κ3) is 5.22. The number of halogens is 1. The van der Waals surface area contributed by atoms with Gasteiger partial charge in [-0.05, 0) is 62.4 Å². The summed E-state index contributed by atoms with van der Waals surface area (Å²) in [5.74, 6) is 1.20. The quantitative estimate of drug-likeness (QED) is 0.862. The van der Waals surface area contributed by atoms with E-state index < -0.39 is 0 Å². The second kappa shape index (κ2) is 8.87. The van der Waals surface area contributed by atoms with Crippen molar-refractivity contribution in [3.63, 3.8) is 0 Å². The molecule has 1 aliphatic carbocycles. The molecule has 0 spiro atoms. The first-order valence-corrected chi connectivity index (χ1v) is 9.83. The Labute approximate surface area is 150 Å². The smallest absolute Gasteiger partial charge is 0.223 e.